The monoisotopic (exact) mass is 381 g/mol. The number of nitriles is 1. The van der Waals surface area contributed by atoms with Crippen LogP contribution in [0.1, 0.15) is 24.0 Å². The predicted molar refractivity (Wildman–Crippen MR) is 95.9 cm³/mol. The summed E-state index contributed by atoms with van der Waals surface area (Å²) in [5.74, 6) is 0.353. The minimum atomic E-state index is -0.528. The molecule has 0 aliphatic heterocycles. The summed E-state index contributed by atoms with van der Waals surface area (Å²) in [4.78, 5) is 15.3. The summed E-state index contributed by atoms with van der Waals surface area (Å²) in [6, 6.07) is 11.3. The fourth-order valence-corrected chi connectivity index (χ4v) is 2.93. The van der Waals surface area contributed by atoms with Gasteiger partial charge < -0.3 is 14.0 Å². The highest BCUT2D eigenvalue weighted by molar-refractivity contribution is 5.55. The first kappa shape index (κ1) is 17.9. The average molecular weight is 381 g/mol. The molecule has 1 aromatic carbocycles. The molecule has 2 aromatic heterocycles. The summed E-state index contributed by atoms with van der Waals surface area (Å²) in [5.41, 5.74) is 0.749. The molecular formula is C20H16FN3O4. The van der Waals surface area contributed by atoms with E-state index in [0.29, 0.717) is 35.6 Å². The van der Waals surface area contributed by atoms with Gasteiger partial charge in [0, 0.05) is 36.2 Å². The molecule has 1 fully saturated rings. The Morgan fingerprint density at radius 3 is 2.82 bits per heavy atom. The van der Waals surface area contributed by atoms with E-state index < -0.39 is 5.82 Å². The molecular weight excluding hydrogens is 365 g/mol. The van der Waals surface area contributed by atoms with Crippen molar-refractivity contribution < 1.29 is 18.4 Å². The molecule has 7 nitrogen and oxygen atoms in total. The maximum absolute atomic E-state index is 14.0. The Labute approximate surface area is 159 Å². The van der Waals surface area contributed by atoms with Gasteiger partial charge in [-0.05, 0) is 12.1 Å². The third kappa shape index (κ3) is 3.80. The summed E-state index contributed by atoms with van der Waals surface area (Å²) >= 11 is 0. The molecule has 0 spiro atoms. The maximum atomic E-state index is 14.0. The molecule has 0 amide bonds. The van der Waals surface area contributed by atoms with Crippen molar-refractivity contribution in [1.29, 1.82) is 5.26 Å². The lowest BCUT2D eigenvalue weighted by Gasteiger charge is -2.34. The van der Waals surface area contributed by atoms with Gasteiger partial charge in [-0.1, -0.05) is 12.1 Å². The molecule has 0 atom stereocenters. The number of rotatable bonds is 6. The number of pyridine rings is 1. The van der Waals surface area contributed by atoms with Crippen LogP contribution in [0.25, 0.3) is 11.3 Å². The van der Waals surface area contributed by atoms with Gasteiger partial charge in [0.2, 0.25) is 5.88 Å². The Morgan fingerprint density at radius 2 is 2.14 bits per heavy atom. The molecule has 28 heavy (non-hydrogen) atoms. The summed E-state index contributed by atoms with van der Waals surface area (Å²) in [7, 11) is 0. The number of hydrogen-bond acceptors (Lipinski definition) is 6. The van der Waals surface area contributed by atoms with Crippen LogP contribution >= 0.6 is 0 Å². The highest BCUT2D eigenvalue weighted by Crippen LogP contribution is 2.29. The Morgan fingerprint density at radius 1 is 1.29 bits per heavy atom. The summed E-state index contributed by atoms with van der Waals surface area (Å²) in [5, 5.41) is 11.1. The van der Waals surface area contributed by atoms with E-state index in [1.54, 1.807) is 30.5 Å². The molecule has 1 saturated carbocycles. The molecule has 0 bridgehead atoms. The summed E-state index contributed by atoms with van der Waals surface area (Å²) < 4.78 is 30.5. The van der Waals surface area contributed by atoms with Gasteiger partial charge in [0.1, 0.15) is 18.0 Å². The molecule has 4 rings (SSSR count). The van der Waals surface area contributed by atoms with Crippen LogP contribution in [0.5, 0.6) is 5.88 Å². The first-order valence-corrected chi connectivity index (χ1v) is 8.73. The molecule has 0 unspecified atom stereocenters. The molecule has 1 N–H and O–H groups in total. The Hall–Kier alpha value is -3.44. The minimum absolute atomic E-state index is 0.0179. The molecule has 1 aliphatic rings. The van der Waals surface area contributed by atoms with E-state index in [9.17, 15) is 9.18 Å². The van der Waals surface area contributed by atoms with Gasteiger partial charge in [0.25, 0.3) is 5.56 Å². The van der Waals surface area contributed by atoms with Crippen LogP contribution in [-0.4, -0.2) is 22.3 Å². The van der Waals surface area contributed by atoms with Crippen molar-refractivity contribution in [2.75, 3.05) is 0 Å². The molecule has 3 aromatic rings. The van der Waals surface area contributed by atoms with Gasteiger partial charge >= 0.3 is 0 Å². The highest BCUT2D eigenvalue weighted by Gasteiger charge is 2.32. The van der Waals surface area contributed by atoms with Crippen molar-refractivity contribution >= 4 is 0 Å². The smallest absolute Gasteiger partial charge is 0.280 e. The van der Waals surface area contributed by atoms with Gasteiger partial charge in [-0.15, -0.1) is 0 Å². The Balaban J connectivity index is 1.26. The van der Waals surface area contributed by atoms with Crippen molar-refractivity contribution in [3.63, 3.8) is 0 Å². The number of aromatic nitrogens is 2. The quantitative estimate of drug-likeness (QED) is 0.704. The van der Waals surface area contributed by atoms with Crippen LogP contribution in [0, 0.1) is 17.1 Å². The normalized spacial score (nSPS) is 18.3. The number of H-pyrrole nitrogens is 1. The number of benzene rings is 1. The van der Waals surface area contributed by atoms with Crippen molar-refractivity contribution in [3.8, 4) is 23.3 Å². The summed E-state index contributed by atoms with van der Waals surface area (Å²) in [6.45, 7) is 0.119. The van der Waals surface area contributed by atoms with Gasteiger partial charge in [-0.2, -0.15) is 10.4 Å². The number of halogens is 1. The number of aromatic amines is 1. The van der Waals surface area contributed by atoms with Gasteiger partial charge in [0.05, 0.1) is 24.3 Å². The van der Waals surface area contributed by atoms with Crippen molar-refractivity contribution in [2.45, 2.75) is 31.7 Å². The molecule has 0 saturated heterocycles. The second-order valence-corrected chi connectivity index (χ2v) is 6.50. The second-order valence-electron chi connectivity index (χ2n) is 6.50. The van der Waals surface area contributed by atoms with Crippen molar-refractivity contribution in [2.24, 2.45) is 0 Å². The molecule has 8 heteroatoms. The highest BCUT2D eigenvalue weighted by atomic mass is 19.1. The molecule has 142 valence electrons. The van der Waals surface area contributed by atoms with Gasteiger partial charge in [0.15, 0.2) is 5.76 Å². The van der Waals surface area contributed by atoms with E-state index in [1.807, 2.05) is 6.07 Å². The molecule has 0 radical (unpaired) electrons. The zero-order valence-electron chi connectivity index (χ0n) is 14.7. The van der Waals surface area contributed by atoms with Crippen LogP contribution in [0.4, 0.5) is 4.39 Å². The van der Waals surface area contributed by atoms with E-state index in [-0.39, 0.29) is 29.9 Å². The average Bonchev–Trinajstić information content (AvgIpc) is 3.11. The Bertz CT molecular complexity index is 1060. The van der Waals surface area contributed by atoms with Crippen LogP contribution < -0.4 is 10.3 Å². The molecule has 1 aliphatic carbocycles. The van der Waals surface area contributed by atoms with E-state index in [2.05, 4.69) is 10.1 Å². The van der Waals surface area contributed by atoms with Crippen LogP contribution in [0.2, 0.25) is 0 Å². The van der Waals surface area contributed by atoms with Crippen LogP contribution in [0.3, 0.4) is 0 Å². The molecule has 2 heterocycles. The third-order valence-electron chi connectivity index (χ3n) is 4.56. The zero-order valence-corrected chi connectivity index (χ0v) is 14.7. The largest absolute Gasteiger partial charge is 0.474 e. The second kappa shape index (κ2) is 7.66. The van der Waals surface area contributed by atoms with Gasteiger partial charge in [-0.3, -0.25) is 4.79 Å². The lowest BCUT2D eigenvalue weighted by atomic mass is 9.92. The third-order valence-corrected chi connectivity index (χ3v) is 4.56. The van der Waals surface area contributed by atoms with E-state index >= 15 is 0 Å². The summed E-state index contributed by atoms with van der Waals surface area (Å²) in [6.07, 6.45) is 2.87. The standard InChI is InChI=1S/C20H16FN3O4/c21-20-12(9-22)2-1-3-14(20)11-26-15-6-16(7-15)27-19-5-4-13(10-23-19)17-8-18(25)24-28-17/h1-5,8,10,15-16H,6-7,11H2,(H,24,25). The first-order valence-electron chi connectivity index (χ1n) is 8.73. The zero-order chi connectivity index (χ0) is 19.5. The van der Waals surface area contributed by atoms with Crippen LogP contribution in [-0.2, 0) is 11.3 Å². The number of hydrogen-bond donors (Lipinski definition) is 1. The number of nitrogens with one attached hydrogen (secondary N) is 1. The minimum Gasteiger partial charge on any atom is -0.474 e. The maximum Gasteiger partial charge on any atom is 0.280 e. The topological polar surface area (TPSA) is 101 Å². The van der Waals surface area contributed by atoms with Crippen LogP contribution in [0.15, 0.2) is 51.9 Å². The van der Waals surface area contributed by atoms with E-state index in [1.165, 1.54) is 12.1 Å². The Kier molecular flexibility index (Phi) is 4.91. The first-order chi connectivity index (χ1) is 13.6. The van der Waals surface area contributed by atoms with Crippen molar-refractivity contribution in [3.05, 3.63) is 69.9 Å². The lowest BCUT2D eigenvalue weighted by Crippen LogP contribution is -2.39. The number of ether oxygens (including phenoxy) is 2. The number of nitrogens with zero attached hydrogens (tertiary/aromatic N) is 2. The SMILES string of the molecule is N#Cc1cccc(COC2CC(Oc3ccc(-c4cc(=O)[nH]o4)cn3)C2)c1F. The lowest BCUT2D eigenvalue weighted by molar-refractivity contribution is -0.0700. The fourth-order valence-electron chi connectivity index (χ4n) is 2.93. The van der Waals surface area contributed by atoms with E-state index in [0.717, 1.165) is 0 Å². The van der Waals surface area contributed by atoms with Gasteiger partial charge in [-0.25, -0.2) is 9.37 Å². The van der Waals surface area contributed by atoms with E-state index in [4.69, 9.17) is 19.3 Å². The predicted octanol–water partition coefficient (Wildman–Crippen LogP) is 3.17. The fraction of sp³-hybridized carbons (Fsp3) is 0.250. The van der Waals surface area contributed by atoms with Crippen molar-refractivity contribution in [1.82, 2.24) is 10.1 Å².